The average Bonchev–Trinajstić information content (AvgIpc) is 2.94. The highest BCUT2D eigenvalue weighted by Gasteiger charge is 2.31. The van der Waals surface area contributed by atoms with E-state index in [0.29, 0.717) is 22.5 Å². The molecule has 2 aliphatic carbocycles. The Bertz CT molecular complexity index is 1850. The van der Waals surface area contributed by atoms with E-state index in [0.717, 1.165) is 55.2 Å². The van der Waals surface area contributed by atoms with Gasteiger partial charge in [0.15, 0.2) is 0 Å². The highest BCUT2D eigenvalue weighted by atomic mass is 16.1. The zero-order valence-corrected chi connectivity index (χ0v) is 18.7. The predicted octanol–water partition coefficient (Wildman–Crippen LogP) is 5.66. The second kappa shape index (κ2) is 6.73. The first-order valence-corrected chi connectivity index (χ1v) is 11.6. The number of hydrogen-bond acceptors (Lipinski definition) is 6. The van der Waals surface area contributed by atoms with E-state index in [4.69, 9.17) is 0 Å². The van der Waals surface area contributed by atoms with Crippen LogP contribution in [0.4, 0.5) is 0 Å². The lowest BCUT2D eigenvalue weighted by molar-refractivity contribution is 0.102. The van der Waals surface area contributed by atoms with Gasteiger partial charge in [0.1, 0.15) is 11.4 Å². The number of carbonyl (C=O) groups is 2. The molecule has 2 aliphatic rings. The summed E-state index contributed by atoms with van der Waals surface area (Å²) in [5, 5.41) is 3.20. The van der Waals surface area contributed by atoms with E-state index in [-0.39, 0.29) is 11.6 Å². The molecular weight excluding hydrogens is 448 g/mol. The largest absolute Gasteiger partial charge is 0.287 e. The van der Waals surface area contributed by atoms with Crippen LogP contribution >= 0.6 is 0 Å². The van der Waals surface area contributed by atoms with Crippen molar-refractivity contribution in [1.29, 1.82) is 0 Å². The highest BCUT2D eigenvalue weighted by Crippen LogP contribution is 2.44. The van der Waals surface area contributed by atoms with Crippen molar-refractivity contribution in [1.82, 2.24) is 19.9 Å². The normalized spacial score (nSPS) is 13.1. The zero-order chi connectivity index (χ0) is 24.0. The Balaban J connectivity index is 1.47. The fourth-order valence-electron chi connectivity index (χ4n) is 5.59. The van der Waals surface area contributed by atoms with E-state index in [1.54, 1.807) is 24.8 Å². The van der Waals surface area contributed by atoms with Gasteiger partial charge in [-0.05, 0) is 22.9 Å². The number of carbonyl (C=O) groups excluding carboxylic acids is 2. The first-order chi connectivity index (χ1) is 17.7. The molecule has 0 spiro atoms. The second-order valence-electron chi connectivity index (χ2n) is 8.95. The number of fused-ring (bicyclic) bond motifs is 4. The standard InChI is InChI=1S/C30H14N4O2/c35-29-19-7-3-1-5-17(19)25-23-15(9-11-31-25)21(13-33-27(23)29)22-14-34-28-24-16(22)10-12-32-26(24)18-6-2-4-8-20(18)30(28)36/h1-14H. The van der Waals surface area contributed by atoms with Crippen molar-refractivity contribution in [2.75, 3.05) is 0 Å². The summed E-state index contributed by atoms with van der Waals surface area (Å²) in [5.41, 5.74) is 6.77. The molecular formula is C30H14N4O2. The molecule has 2 aromatic carbocycles. The summed E-state index contributed by atoms with van der Waals surface area (Å²) in [6.45, 7) is 0. The van der Waals surface area contributed by atoms with Gasteiger partial charge in [-0.2, -0.15) is 0 Å². The Morgan fingerprint density at radius 2 is 0.833 bits per heavy atom. The van der Waals surface area contributed by atoms with Gasteiger partial charge in [-0.25, -0.2) is 0 Å². The van der Waals surface area contributed by atoms with Crippen LogP contribution in [0.5, 0.6) is 0 Å². The Kier molecular flexibility index (Phi) is 3.60. The predicted molar refractivity (Wildman–Crippen MR) is 136 cm³/mol. The van der Waals surface area contributed by atoms with Gasteiger partial charge in [-0.1, -0.05) is 48.5 Å². The monoisotopic (exact) mass is 462 g/mol. The SMILES string of the molecule is O=C1c2ccccc2-c2nccc3c(-c4cnc5c6c(nccc46)-c4ccccc4C5=O)cnc1c23. The van der Waals surface area contributed by atoms with Gasteiger partial charge >= 0.3 is 0 Å². The lowest BCUT2D eigenvalue weighted by Crippen LogP contribution is -2.14. The molecule has 166 valence electrons. The van der Waals surface area contributed by atoms with Crippen molar-refractivity contribution in [3.05, 3.63) is 108 Å². The topological polar surface area (TPSA) is 85.7 Å². The fourth-order valence-corrected chi connectivity index (χ4v) is 5.59. The van der Waals surface area contributed by atoms with Crippen LogP contribution in [0, 0.1) is 0 Å². The molecule has 0 N–H and O–H groups in total. The molecule has 0 unspecified atom stereocenters. The minimum absolute atomic E-state index is 0.107. The maximum atomic E-state index is 13.3. The first-order valence-electron chi connectivity index (χ1n) is 11.6. The smallest absolute Gasteiger partial charge is 0.212 e. The number of ketones is 2. The molecule has 0 saturated carbocycles. The Labute approximate surface area is 204 Å². The summed E-state index contributed by atoms with van der Waals surface area (Å²) in [5.74, 6) is -0.215. The summed E-state index contributed by atoms with van der Waals surface area (Å²) >= 11 is 0. The van der Waals surface area contributed by atoms with Crippen LogP contribution in [0.25, 0.3) is 55.2 Å². The second-order valence-corrected chi connectivity index (χ2v) is 8.95. The molecule has 0 atom stereocenters. The fraction of sp³-hybridized carbons (Fsp3) is 0. The van der Waals surface area contributed by atoms with Gasteiger partial charge in [0.2, 0.25) is 11.6 Å². The van der Waals surface area contributed by atoms with E-state index in [9.17, 15) is 9.59 Å². The van der Waals surface area contributed by atoms with Crippen molar-refractivity contribution >= 4 is 33.1 Å². The molecule has 0 amide bonds. The summed E-state index contributed by atoms with van der Waals surface area (Å²) in [4.78, 5) is 45.1. The lowest BCUT2D eigenvalue weighted by Gasteiger charge is -2.21. The number of rotatable bonds is 1. The zero-order valence-electron chi connectivity index (χ0n) is 18.7. The van der Waals surface area contributed by atoms with E-state index in [2.05, 4.69) is 19.9 Å². The lowest BCUT2D eigenvalue weighted by atomic mass is 9.85. The van der Waals surface area contributed by atoms with Crippen molar-refractivity contribution in [3.63, 3.8) is 0 Å². The summed E-state index contributed by atoms with van der Waals surface area (Å²) < 4.78 is 0. The maximum absolute atomic E-state index is 13.3. The van der Waals surface area contributed by atoms with Gasteiger partial charge in [-0.15, -0.1) is 0 Å². The molecule has 8 rings (SSSR count). The molecule has 4 heterocycles. The first kappa shape index (κ1) is 19.2. The maximum Gasteiger partial charge on any atom is 0.212 e. The van der Waals surface area contributed by atoms with Gasteiger partial charge < -0.3 is 0 Å². The third-order valence-corrected chi connectivity index (χ3v) is 7.18. The van der Waals surface area contributed by atoms with E-state index in [1.807, 2.05) is 60.7 Å². The number of pyridine rings is 4. The van der Waals surface area contributed by atoms with Crippen molar-refractivity contribution in [2.24, 2.45) is 0 Å². The molecule has 6 heteroatoms. The van der Waals surface area contributed by atoms with Gasteiger partial charge in [0, 0.05) is 68.9 Å². The van der Waals surface area contributed by atoms with Gasteiger partial charge in [-0.3, -0.25) is 29.5 Å². The molecule has 36 heavy (non-hydrogen) atoms. The van der Waals surface area contributed by atoms with Crippen LogP contribution in [0.1, 0.15) is 32.1 Å². The quantitative estimate of drug-likeness (QED) is 0.313. The molecule has 6 nitrogen and oxygen atoms in total. The van der Waals surface area contributed by atoms with Crippen molar-refractivity contribution < 1.29 is 9.59 Å². The molecule has 0 aliphatic heterocycles. The Morgan fingerprint density at radius 3 is 1.28 bits per heavy atom. The molecule has 4 aromatic heterocycles. The number of nitrogens with zero attached hydrogens (tertiary/aromatic N) is 4. The number of hydrogen-bond donors (Lipinski definition) is 0. The molecule has 0 radical (unpaired) electrons. The van der Waals surface area contributed by atoms with Crippen LogP contribution in [0.3, 0.4) is 0 Å². The minimum Gasteiger partial charge on any atom is -0.287 e. The Hall–Kier alpha value is -5.10. The number of benzene rings is 2. The van der Waals surface area contributed by atoms with Gasteiger partial charge in [0.05, 0.1) is 11.4 Å². The van der Waals surface area contributed by atoms with Crippen molar-refractivity contribution in [2.45, 2.75) is 0 Å². The minimum atomic E-state index is -0.107. The molecule has 0 bridgehead atoms. The van der Waals surface area contributed by atoms with Crippen molar-refractivity contribution in [3.8, 4) is 33.6 Å². The van der Waals surface area contributed by atoms with Crippen LogP contribution in [0.15, 0.2) is 85.5 Å². The summed E-state index contributed by atoms with van der Waals surface area (Å²) in [6.07, 6.45) is 6.98. The Morgan fingerprint density at radius 1 is 0.417 bits per heavy atom. The third-order valence-electron chi connectivity index (χ3n) is 7.18. The van der Waals surface area contributed by atoms with E-state index < -0.39 is 0 Å². The van der Waals surface area contributed by atoms with Crippen LogP contribution in [0.2, 0.25) is 0 Å². The van der Waals surface area contributed by atoms with E-state index in [1.165, 1.54) is 0 Å². The highest BCUT2D eigenvalue weighted by molar-refractivity contribution is 6.28. The molecule has 6 aromatic rings. The molecule has 0 fully saturated rings. The van der Waals surface area contributed by atoms with Crippen LogP contribution in [-0.2, 0) is 0 Å². The number of aromatic nitrogens is 4. The van der Waals surface area contributed by atoms with Crippen LogP contribution < -0.4 is 0 Å². The third kappa shape index (κ3) is 2.30. The van der Waals surface area contributed by atoms with Gasteiger partial charge in [0.25, 0.3) is 0 Å². The summed E-state index contributed by atoms with van der Waals surface area (Å²) in [6, 6.07) is 18.8. The van der Waals surface area contributed by atoms with Crippen LogP contribution in [-0.4, -0.2) is 31.5 Å². The van der Waals surface area contributed by atoms with E-state index >= 15 is 0 Å². The molecule has 0 saturated heterocycles. The average molecular weight is 462 g/mol. The summed E-state index contributed by atoms with van der Waals surface area (Å²) in [7, 11) is 0.